The van der Waals surface area contributed by atoms with Crippen molar-refractivity contribution in [2.75, 3.05) is 47.0 Å². The number of aliphatic imine (C=N–C) groups is 1. The van der Waals surface area contributed by atoms with Crippen molar-refractivity contribution in [3.8, 4) is 0 Å². The molecular weight excluding hydrogens is 338 g/mol. The third-order valence-corrected chi connectivity index (χ3v) is 4.80. The largest absolute Gasteiger partial charge is 0.385 e. The van der Waals surface area contributed by atoms with Crippen LogP contribution in [0.15, 0.2) is 29.3 Å². The predicted molar refractivity (Wildman–Crippen MR) is 104 cm³/mol. The van der Waals surface area contributed by atoms with Crippen molar-refractivity contribution in [3.05, 3.63) is 34.9 Å². The molecule has 0 atom stereocenters. The summed E-state index contributed by atoms with van der Waals surface area (Å²) in [5, 5.41) is 4.27. The molecule has 1 heterocycles. The van der Waals surface area contributed by atoms with Gasteiger partial charge in [0.25, 0.3) is 0 Å². The lowest BCUT2D eigenvalue weighted by Crippen LogP contribution is -2.47. The van der Waals surface area contributed by atoms with E-state index in [2.05, 4.69) is 21.3 Å². The molecule has 1 aromatic rings. The van der Waals surface area contributed by atoms with E-state index < -0.39 is 0 Å². The molecule has 0 aromatic heterocycles. The van der Waals surface area contributed by atoms with Crippen LogP contribution >= 0.6 is 11.6 Å². The average molecular weight is 368 g/mol. The number of ether oxygens (including phenoxy) is 2. The quantitative estimate of drug-likeness (QED) is 0.436. The lowest BCUT2D eigenvalue weighted by atomic mass is 10.1. The summed E-state index contributed by atoms with van der Waals surface area (Å²) in [5.74, 6) is 0.963. The molecule has 1 N–H and O–H groups in total. The molecule has 1 saturated heterocycles. The second-order valence-electron chi connectivity index (χ2n) is 6.22. The van der Waals surface area contributed by atoms with Gasteiger partial charge in [-0.1, -0.05) is 29.8 Å². The fourth-order valence-electron chi connectivity index (χ4n) is 3.03. The van der Waals surface area contributed by atoms with Crippen LogP contribution in [0.2, 0.25) is 5.02 Å². The molecule has 6 heteroatoms. The Balaban J connectivity index is 1.69. The Morgan fingerprint density at radius 3 is 2.72 bits per heavy atom. The number of nitrogens with one attached hydrogen (secondary N) is 1. The zero-order valence-electron chi connectivity index (χ0n) is 15.3. The molecule has 140 valence electrons. The molecule has 0 unspecified atom stereocenters. The van der Waals surface area contributed by atoms with Gasteiger partial charge in [-0.05, 0) is 37.3 Å². The van der Waals surface area contributed by atoms with E-state index >= 15 is 0 Å². The Morgan fingerprint density at radius 1 is 1.28 bits per heavy atom. The van der Waals surface area contributed by atoms with Gasteiger partial charge in [0.05, 0.1) is 6.10 Å². The van der Waals surface area contributed by atoms with Crippen LogP contribution in [-0.2, 0) is 15.9 Å². The smallest absolute Gasteiger partial charge is 0.193 e. The summed E-state index contributed by atoms with van der Waals surface area (Å²) in [4.78, 5) is 6.73. The van der Waals surface area contributed by atoms with Gasteiger partial charge in [0.2, 0.25) is 0 Å². The van der Waals surface area contributed by atoms with Gasteiger partial charge in [-0.25, -0.2) is 0 Å². The minimum Gasteiger partial charge on any atom is -0.385 e. The molecule has 25 heavy (non-hydrogen) atoms. The van der Waals surface area contributed by atoms with Gasteiger partial charge in [-0.15, -0.1) is 0 Å². The molecule has 5 nitrogen and oxygen atoms in total. The number of halogens is 1. The molecule has 1 aliphatic heterocycles. The van der Waals surface area contributed by atoms with Gasteiger partial charge in [0.1, 0.15) is 0 Å². The molecule has 1 aromatic carbocycles. The Labute approximate surface area is 156 Å². The first-order chi connectivity index (χ1) is 12.2. The van der Waals surface area contributed by atoms with Crippen LogP contribution in [-0.4, -0.2) is 64.0 Å². The average Bonchev–Trinajstić information content (AvgIpc) is 2.64. The lowest BCUT2D eigenvalue weighted by Gasteiger charge is -2.34. The molecule has 0 aliphatic carbocycles. The molecule has 0 bridgehead atoms. The third kappa shape index (κ3) is 6.84. The molecular formula is C19H30ClN3O2. The summed E-state index contributed by atoms with van der Waals surface area (Å²) in [6, 6.07) is 7.98. The van der Waals surface area contributed by atoms with Crippen LogP contribution in [0.5, 0.6) is 0 Å². The Morgan fingerprint density at radius 2 is 2.04 bits per heavy atom. The fraction of sp³-hybridized carbons (Fsp3) is 0.632. The van der Waals surface area contributed by atoms with Gasteiger partial charge in [-0.3, -0.25) is 4.99 Å². The number of likely N-dealkylation sites (tertiary alicyclic amines) is 1. The summed E-state index contributed by atoms with van der Waals surface area (Å²) in [5.41, 5.74) is 1.16. The van der Waals surface area contributed by atoms with E-state index in [9.17, 15) is 0 Å². The molecule has 0 spiro atoms. The summed E-state index contributed by atoms with van der Waals surface area (Å²) in [6.45, 7) is 4.31. The Bertz CT molecular complexity index is 531. The summed E-state index contributed by atoms with van der Waals surface area (Å²) < 4.78 is 11.0. The number of rotatable bonds is 8. The topological polar surface area (TPSA) is 46.1 Å². The van der Waals surface area contributed by atoms with E-state index in [4.69, 9.17) is 21.1 Å². The van der Waals surface area contributed by atoms with Crippen LogP contribution in [0.25, 0.3) is 0 Å². The zero-order valence-corrected chi connectivity index (χ0v) is 16.1. The van der Waals surface area contributed by atoms with E-state index in [1.54, 1.807) is 7.11 Å². The predicted octanol–water partition coefficient (Wildman–Crippen LogP) is 2.98. The van der Waals surface area contributed by atoms with Gasteiger partial charge < -0.3 is 19.7 Å². The van der Waals surface area contributed by atoms with Crippen molar-refractivity contribution in [1.82, 2.24) is 10.2 Å². The van der Waals surface area contributed by atoms with E-state index in [0.717, 1.165) is 75.1 Å². The normalized spacial score (nSPS) is 16.3. The molecule has 1 fully saturated rings. The van der Waals surface area contributed by atoms with Crippen LogP contribution in [0, 0.1) is 0 Å². The molecule has 0 amide bonds. The third-order valence-electron chi connectivity index (χ3n) is 4.43. The van der Waals surface area contributed by atoms with Crippen LogP contribution in [0.3, 0.4) is 0 Å². The maximum atomic E-state index is 6.21. The maximum absolute atomic E-state index is 6.21. The number of hydrogen-bond acceptors (Lipinski definition) is 3. The van der Waals surface area contributed by atoms with Crippen molar-refractivity contribution >= 4 is 17.6 Å². The van der Waals surface area contributed by atoms with Gasteiger partial charge in [0, 0.05) is 52.0 Å². The first-order valence-corrected chi connectivity index (χ1v) is 9.42. The standard InChI is InChI=1S/C19H30ClN3O2/c1-21-19(22-11-8-16-6-3-4-7-18(16)20)23-12-9-17(10-13-23)25-15-5-14-24-2/h3-4,6-7,17H,5,8-15H2,1-2H3,(H,21,22). The highest BCUT2D eigenvalue weighted by Gasteiger charge is 2.21. The monoisotopic (exact) mass is 367 g/mol. The second-order valence-corrected chi connectivity index (χ2v) is 6.63. The summed E-state index contributed by atoms with van der Waals surface area (Å²) in [6.07, 6.45) is 4.28. The number of benzene rings is 1. The van der Waals surface area contributed by atoms with E-state index in [0.29, 0.717) is 6.10 Å². The van der Waals surface area contributed by atoms with Gasteiger partial charge in [0.15, 0.2) is 5.96 Å². The van der Waals surface area contributed by atoms with Crippen molar-refractivity contribution in [2.45, 2.75) is 31.8 Å². The number of methoxy groups -OCH3 is 1. The first-order valence-electron chi connectivity index (χ1n) is 9.04. The lowest BCUT2D eigenvalue weighted by molar-refractivity contribution is 0.00992. The SMILES string of the molecule is CN=C(NCCc1ccccc1Cl)N1CCC(OCCCOC)CC1. The van der Waals surface area contributed by atoms with E-state index in [1.807, 2.05) is 25.2 Å². The van der Waals surface area contributed by atoms with Crippen molar-refractivity contribution < 1.29 is 9.47 Å². The highest BCUT2D eigenvalue weighted by atomic mass is 35.5. The summed E-state index contributed by atoms with van der Waals surface area (Å²) >= 11 is 6.21. The van der Waals surface area contributed by atoms with Gasteiger partial charge >= 0.3 is 0 Å². The number of nitrogens with zero attached hydrogens (tertiary/aromatic N) is 2. The molecule has 0 radical (unpaired) electrons. The highest BCUT2D eigenvalue weighted by molar-refractivity contribution is 6.31. The fourth-order valence-corrected chi connectivity index (χ4v) is 3.26. The van der Waals surface area contributed by atoms with Crippen LogP contribution < -0.4 is 5.32 Å². The number of guanidine groups is 1. The van der Waals surface area contributed by atoms with Crippen LogP contribution in [0.4, 0.5) is 0 Å². The molecule has 1 aliphatic rings. The second kappa shape index (κ2) is 11.3. The van der Waals surface area contributed by atoms with Crippen molar-refractivity contribution in [2.24, 2.45) is 4.99 Å². The van der Waals surface area contributed by atoms with Gasteiger partial charge in [-0.2, -0.15) is 0 Å². The minimum atomic E-state index is 0.356. The summed E-state index contributed by atoms with van der Waals surface area (Å²) in [7, 11) is 3.56. The van der Waals surface area contributed by atoms with E-state index in [1.165, 1.54) is 0 Å². The molecule has 0 saturated carbocycles. The number of piperidine rings is 1. The van der Waals surface area contributed by atoms with Crippen molar-refractivity contribution in [3.63, 3.8) is 0 Å². The van der Waals surface area contributed by atoms with Crippen LogP contribution in [0.1, 0.15) is 24.8 Å². The highest BCUT2D eigenvalue weighted by Crippen LogP contribution is 2.16. The first kappa shape index (κ1) is 20.0. The minimum absolute atomic E-state index is 0.356. The maximum Gasteiger partial charge on any atom is 0.193 e. The van der Waals surface area contributed by atoms with Crippen molar-refractivity contribution in [1.29, 1.82) is 0 Å². The number of hydrogen-bond donors (Lipinski definition) is 1. The Kier molecular flexibility index (Phi) is 9.08. The Hall–Kier alpha value is -1.30. The molecule has 2 rings (SSSR count). The van der Waals surface area contributed by atoms with E-state index in [-0.39, 0.29) is 0 Å². The zero-order chi connectivity index (χ0) is 17.9.